The number of aryl methyl sites for hydroxylation is 1. The van der Waals surface area contributed by atoms with Crippen LogP contribution in [-0.2, 0) is 12.1 Å². The first-order valence-electron chi connectivity index (χ1n) is 7.65. The van der Waals surface area contributed by atoms with Crippen LogP contribution in [0.1, 0.15) is 30.7 Å². The van der Waals surface area contributed by atoms with Gasteiger partial charge in [0.1, 0.15) is 16.8 Å². The number of hydrogen-bond acceptors (Lipinski definition) is 6. The number of nitrogens with zero attached hydrogens (tertiary/aromatic N) is 4. The van der Waals surface area contributed by atoms with E-state index in [1.54, 1.807) is 27.2 Å². The van der Waals surface area contributed by atoms with Gasteiger partial charge in [-0.1, -0.05) is 12.1 Å². The number of nitrogen functional groups attached to an aromatic ring is 1. The van der Waals surface area contributed by atoms with Crippen molar-refractivity contribution in [3.05, 3.63) is 41.2 Å². The molecular weight excluding hydrogens is 306 g/mol. The van der Waals surface area contributed by atoms with E-state index < -0.39 is 5.60 Å². The fourth-order valence-corrected chi connectivity index (χ4v) is 2.74. The second-order valence-electron chi connectivity index (χ2n) is 6.29. The number of nitrogens with two attached hydrogens (primary N) is 1. The van der Waals surface area contributed by atoms with E-state index in [0.29, 0.717) is 17.8 Å². The van der Waals surface area contributed by atoms with E-state index >= 15 is 0 Å². The van der Waals surface area contributed by atoms with Crippen LogP contribution in [0.15, 0.2) is 24.4 Å². The second kappa shape index (κ2) is 5.76. The molecule has 3 aromatic rings. The van der Waals surface area contributed by atoms with E-state index in [4.69, 9.17) is 10.5 Å². The van der Waals surface area contributed by atoms with Gasteiger partial charge in [-0.2, -0.15) is 5.10 Å². The first-order valence-corrected chi connectivity index (χ1v) is 7.65. The monoisotopic (exact) mass is 327 g/mol. The lowest BCUT2D eigenvalue weighted by Crippen LogP contribution is -2.16. The molecule has 0 bridgehead atoms. The molecule has 0 saturated carbocycles. The van der Waals surface area contributed by atoms with Crippen molar-refractivity contribution in [1.82, 2.24) is 19.7 Å². The second-order valence-corrected chi connectivity index (χ2v) is 6.29. The lowest BCUT2D eigenvalue weighted by Gasteiger charge is -2.20. The van der Waals surface area contributed by atoms with E-state index in [1.807, 2.05) is 29.8 Å². The third-order valence-electron chi connectivity index (χ3n) is 3.99. The van der Waals surface area contributed by atoms with Gasteiger partial charge in [0.15, 0.2) is 0 Å². The highest BCUT2D eigenvalue weighted by atomic mass is 16.5. The minimum Gasteiger partial charge on any atom is -0.496 e. The number of benzene rings is 1. The van der Waals surface area contributed by atoms with Gasteiger partial charge in [0, 0.05) is 5.56 Å². The van der Waals surface area contributed by atoms with Crippen molar-refractivity contribution < 1.29 is 9.84 Å². The van der Waals surface area contributed by atoms with E-state index in [9.17, 15) is 5.11 Å². The predicted molar refractivity (Wildman–Crippen MR) is 91.8 cm³/mol. The number of rotatable bonds is 4. The summed E-state index contributed by atoms with van der Waals surface area (Å²) in [6, 6.07) is 5.68. The Labute approximate surface area is 140 Å². The molecule has 2 aromatic heterocycles. The van der Waals surface area contributed by atoms with Gasteiger partial charge in [-0.05, 0) is 32.4 Å². The lowest BCUT2D eigenvalue weighted by atomic mass is 9.96. The SMILES string of the molecule is COc1cc(C(C)(C)O)ccc1Cn1ncc2nc(N)nc(C)c21. The summed E-state index contributed by atoms with van der Waals surface area (Å²) < 4.78 is 7.31. The zero-order chi connectivity index (χ0) is 17.5. The van der Waals surface area contributed by atoms with Crippen LogP contribution in [0.5, 0.6) is 5.75 Å². The summed E-state index contributed by atoms with van der Waals surface area (Å²) in [5.41, 5.74) is 8.84. The van der Waals surface area contributed by atoms with E-state index in [0.717, 1.165) is 22.3 Å². The molecule has 7 heteroatoms. The number of aliphatic hydroxyl groups is 1. The Morgan fingerprint density at radius 3 is 2.71 bits per heavy atom. The topological polar surface area (TPSA) is 99.1 Å². The molecule has 0 spiro atoms. The Morgan fingerprint density at radius 2 is 2.04 bits per heavy atom. The Balaban J connectivity index is 2.03. The Hall–Kier alpha value is -2.67. The average molecular weight is 327 g/mol. The van der Waals surface area contributed by atoms with Crippen LogP contribution in [0.25, 0.3) is 11.0 Å². The highest BCUT2D eigenvalue weighted by Crippen LogP contribution is 2.28. The molecule has 0 aliphatic carbocycles. The lowest BCUT2D eigenvalue weighted by molar-refractivity contribution is 0.0783. The molecule has 0 atom stereocenters. The van der Waals surface area contributed by atoms with Crippen molar-refractivity contribution >= 4 is 17.0 Å². The Morgan fingerprint density at radius 1 is 1.29 bits per heavy atom. The van der Waals surface area contributed by atoms with Gasteiger partial charge >= 0.3 is 0 Å². The molecule has 0 aliphatic rings. The summed E-state index contributed by atoms with van der Waals surface area (Å²) in [4.78, 5) is 8.41. The first-order chi connectivity index (χ1) is 11.3. The van der Waals surface area contributed by atoms with E-state index in [2.05, 4.69) is 15.1 Å². The normalized spacial score (nSPS) is 11.9. The number of ether oxygens (including phenoxy) is 1. The number of anilines is 1. The van der Waals surface area contributed by atoms with Crippen molar-refractivity contribution in [3.8, 4) is 5.75 Å². The van der Waals surface area contributed by atoms with Crippen LogP contribution in [0.2, 0.25) is 0 Å². The highest BCUT2D eigenvalue weighted by Gasteiger charge is 2.18. The van der Waals surface area contributed by atoms with Crippen LogP contribution in [0.4, 0.5) is 5.95 Å². The maximum Gasteiger partial charge on any atom is 0.220 e. The molecule has 0 fully saturated rings. The van der Waals surface area contributed by atoms with Gasteiger partial charge in [0.2, 0.25) is 5.95 Å². The largest absolute Gasteiger partial charge is 0.496 e. The third kappa shape index (κ3) is 2.90. The summed E-state index contributed by atoms with van der Waals surface area (Å²) in [5, 5.41) is 14.6. The molecule has 2 heterocycles. The predicted octanol–water partition coefficient (Wildman–Crippen LogP) is 2.00. The molecule has 126 valence electrons. The minimum absolute atomic E-state index is 0.242. The van der Waals surface area contributed by atoms with Crippen molar-refractivity contribution in [2.45, 2.75) is 32.9 Å². The summed E-state index contributed by atoms with van der Waals surface area (Å²) in [6.45, 7) is 5.88. The van der Waals surface area contributed by atoms with Gasteiger partial charge in [-0.15, -0.1) is 0 Å². The van der Waals surface area contributed by atoms with Crippen molar-refractivity contribution in [2.75, 3.05) is 12.8 Å². The van der Waals surface area contributed by atoms with Crippen LogP contribution in [0.3, 0.4) is 0 Å². The number of hydrogen-bond donors (Lipinski definition) is 2. The summed E-state index contributed by atoms with van der Waals surface area (Å²) >= 11 is 0. The van der Waals surface area contributed by atoms with Gasteiger partial charge in [-0.25, -0.2) is 9.97 Å². The molecule has 7 nitrogen and oxygen atoms in total. The summed E-state index contributed by atoms with van der Waals surface area (Å²) in [5.74, 6) is 0.943. The summed E-state index contributed by atoms with van der Waals surface area (Å²) in [7, 11) is 1.61. The fraction of sp³-hybridized carbons (Fsp3) is 0.353. The average Bonchev–Trinajstić information content (AvgIpc) is 2.89. The molecular formula is C17H21N5O2. The Bertz CT molecular complexity index is 896. The van der Waals surface area contributed by atoms with Gasteiger partial charge in [0.25, 0.3) is 0 Å². The van der Waals surface area contributed by atoms with Crippen LogP contribution < -0.4 is 10.5 Å². The molecule has 0 saturated heterocycles. The smallest absolute Gasteiger partial charge is 0.220 e. The molecule has 1 aromatic carbocycles. The summed E-state index contributed by atoms with van der Waals surface area (Å²) in [6.07, 6.45) is 1.68. The van der Waals surface area contributed by atoms with Crippen LogP contribution in [-0.4, -0.2) is 32.0 Å². The van der Waals surface area contributed by atoms with Crippen LogP contribution >= 0.6 is 0 Å². The first kappa shape index (κ1) is 16.2. The fourth-order valence-electron chi connectivity index (χ4n) is 2.74. The maximum atomic E-state index is 10.2. The number of fused-ring (bicyclic) bond motifs is 1. The molecule has 24 heavy (non-hydrogen) atoms. The Kier molecular flexibility index (Phi) is 3.88. The maximum absolute atomic E-state index is 10.2. The zero-order valence-electron chi connectivity index (χ0n) is 14.2. The molecule has 3 N–H and O–H groups in total. The third-order valence-corrected chi connectivity index (χ3v) is 3.99. The molecule has 0 amide bonds. The van der Waals surface area contributed by atoms with Gasteiger partial charge < -0.3 is 15.6 Å². The molecule has 0 aliphatic heterocycles. The van der Waals surface area contributed by atoms with Crippen molar-refractivity contribution in [3.63, 3.8) is 0 Å². The van der Waals surface area contributed by atoms with Crippen LogP contribution in [0, 0.1) is 6.92 Å². The quantitative estimate of drug-likeness (QED) is 0.760. The highest BCUT2D eigenvalue weighted by molar-refractivity contribution is 5.77. The standard InChI is InChI=1S/C17H21N5O2/c1-10-15-13(21-16(18)20-10)8-19-22(15)9-11-5-6-12(17(2,3)23)7-14(11)24-4/h5-8,23H,9H2,1-4H3,(H2,18,20,21). The van der Waals surface area contributed by atoms with E-state index in [1.165, 1.54) is 0 Å². The molecule has 0 unspecified atom stereocenters. The number of methoxy groups -OCH3 is 1. The van der Waals surface area contributed by atoms with Gasteiger partial charge in [-0.3, -0.25) is 4.68 Å². The molecule has 0 radical (unpaired) electrons. The van der Waals surface area contributed by atoms with E-state index in [-0.39, 0.29) is 5.95 Å². The number of aromatic nitrogens is 4. The zero-order valence-corrected chi connectivity index (χ0v) is 14.2. The minimum atomic E-state index is -0.924. The van der Waals surface area contributed by atoms with Crippen molar-refractivity contribution in [1.29, 1.82) is 0 Å². The van der Waals surface area contributed by atoms with Gasteiger partial charge in [0.05, 0.1) is 31.1 Å². The van der Waals surface area contributed by atoms with Crippen molar-refractivity contribution in [2.24, 2.45) is 0 Å². The molecule has 3 rings (SSSR count).